The third-order valence-electron chi connectivity index (χ3n) is 3.80. The average molecular weight is 419 g/mol. The van der Waals surface area contributed by atoms with Gasteiger partial charge in [0, 0.05) is 6.42 Å². The van der Waals surface area contributed by atoms with Crippen molar-refractivity contribution < 1.29 is 27.2 Å². The number of nitrogens with zero attached hydrogens (tertiary/aromatic N) is 1. The Kier molecular flexibility index (Phi) is 7.16. The van der Waals surface area contributed by atoms with Crippen molar-refractivity contribution in [2.24, 2.45) is 4.99 Å². The van der Waals surface area contributed by atoms with E-state index in [0.29, 0.717) is 18.9 Å². The number of aryl methyl sites for hydroxylation is 1. The van der Waals surface area contributed by atoms with E-state index in [1.807, 2.05) is 31.2 Å². The van der Waals surface area contributed by atoms with Gasteiger partial charge >= 0.3 is 6.16 Å². The highest BCUT2D eigenvalue weighted by atomic mass is 32.2. The number of ether oxygens (including phenoxy) is 2. The van der Waals surface area contributed by atoms with Crippen molar-refractivity contribution >= 4 is 22.2 Å². The Bertz CT molecular complexity index is 989. The molecular formula is C21H25NO6S. The first kappa shape index (κ1) is 22.6. The van der Waals surface area contributed by atoms with E-state index in [9.17, 15) is 13.2 Å². The fraction of sp³-hybridized carbons (Fsp3) is 0.333. The third-order valence-corrected chi connectivity index (χ3v) is 4.66. The second-order valence-electron chi connectivity index (χ2n) is 7.51. The molecule has 0 aromatic heterocycles. The molecule has 8 heteroatoms. The van der Waals surface area contributed by atoms with Crippen molar-refractivity contribution in [2.75, 3.05) is 0 Å². The normalized spacial score (nSPS) is 13.3. The topological polar surface area (TPSA) is 102 Å². The molecule has 0 spiro atoms. The molecule has 2 aromatic carbocycles. The number of fused-ring (bicyclic) bond motifs is 1. The van der Waals surface area contributed by atoms with Crippen LogP contribution in [0.15, 0.2) is 58.4 Å². The van der Waals surface area contributed by atoms with Gasteiger partial charge in [-0.2, -0.15) is 8.42 Å². The molecule has 1 aliphatic rings. The van der Waals surface area contributed by atoms with Crippen LogP contribution in [0.5, 0.6) is 0 Å². The molecule has 0 bridgehead atoms. The summed E-state index contributed by atoms with van der Waals surface area (Å²) in [6.07, 6.45) is -0.157. The van der Waals surface area contributed by atoms with E-state index >= 15 is 0 Å². The van der Waals surface area contributed by atoms with E-state index in [2.05, 4.69) is 4.99 Å². The predicted octanol–water partition coefficient (Wildman–Crippen LogP) is 4.33. The summed E-state index contributed by atoms with van der Waals surface area (Å²) in [5.41, 5.74) is 2.72. The van der Waals surface area contributed by atoms with Gasteiger partial charge in [-0.25, -0.2) is 9.79 Å². The number of hydrogen-bond donors (Lipinski definition) is 1. The van der Waals surface area contributed by atoms with E-state index in [4.69, 9.17) is 14.0 Å². The van der Waals surface area contributed by atoms with Gasteiger partial charge in [-0.3, -0.25) is 4.55 Å². The third kappa shape index (κ3) is 7.67. The standard InChI is InChI=1S/C14H17NO3.C7H8O3S/c1-14(2,3)18-13(16)17-12-8-10-6-4-5-7-11(10)9-15-12;1-6-2-4-7(5-3-6)11(8,9)10/h4-7H,8-9H2,1-3H3;2-5H,1H3,(H,8,9,10). The lowest BCUT2D eigenvalue weighted by Gasteiger charge is -2.20. The SMILES string of the molecule is CC(C)(C)OC(=O)OC1=NCc2ccccc2C1.Cc1ccc(S(=O)(=O)O)cc1. The second-order valence-corrected chi connectivity index (χ2v) is 8.93. The summed E-state index contributed by atoms with van der Waals surface area (Å²) >= 11 is 0. The Morgan fingerprint density at radius 3 is 2.17 bits per heavy atom. The fourth-order valence-corrected chi connectivity index (χ4v) is 2.90. The van der Waals surface area contributed by atoms with Crippen molar-refractivity contribution in [3.8, 4) is 0 Å². The zero-order valence-electron chi connectivity index (χ0n) is 16.9. The van der Waals surface area contributed by atoms with Gasteiger partial charge in [0.2, 0.25) is 5.90 Å². The molecular weight excluding hydrogens is 394 g/mol. The quantitative estimate of drug-likeness (QED) is 0.545. The summed E-state index contributed by atoms with van der Waals surface area (Å²) in [5, 5.41) is 0. The first-order valence-corrected chi connectivity index (χ1v) is 10.4. The number of rotatable bonds is 1. The first-order chi connectivity index (χ1) is 13.4. The molecule has 0 radical (unpaired) electrons. The zero-order chi connectivity index (χ0) is 21.7. The lowest BCUT2D eigenvalue weighted by atomic mass is 10.0. The van der Waals surface area contributed by atoms with E-state index < -0.39 is 21.9 Å². The van der Waals surface area contributed by atoms with Crippen LogP contribution in [0.3, 0.4) is 0 Å². The molecule has 1 heterocycles. The Morgan fingerprint density at radius 1 is 1.03 bits per heavy atom. The van der Waals surface area contributed by atoms with Crippen molar-refractivity contribution in [3.63, 3.8) is 0 Å². The van der Waals surface area contributed by atoms with Crippen molar-refractivity contribution in [1.29, 1.82) is 0 Å². The van der Waals surface area contributed by atoms with Gasteiger partial charge in [0.25, 0.3) is 10.1 Å². The van der Waals surface area contributed by atoms with Gasteiger partial charge in [0.1, 0.15) is 5.60 Å². The lowest BCUT2D eigenvalue weighted by Crippen LogP contribution is -2.27. The Hall–Kier alpha value is -2.71. The number of carbonyl (C=O) groups excluding carboxylic acids is 1. The lowest BCUT2D eigenvalue weighted by molar-refractivity contribution is 0.0174. The maximum absolute atomic E-state index is 11.5. The molecule has 29 heavy (non-hydrogen) atoms. The molecule has 0 fully saturated rings. The maximum Gasteiger partial charge on any atom is 0.515 e. The van der Waals surface area contributed by atoms with Crippen LogP contribution in [-0.2, 0) is 32.6 Å². The highest BCUT2D eigenvalue weighted by Crippen LogP contribution is 2.17. The number of benzene rings is 2. The Morgan fingerprint density at radius 2 is 1.62 bits per heavy atom. The summed E-state index contributed by atoms with van der Waals surface area (Å²) < 4.78 is 39.8. The predicted molar refractivity (Wildman–Crippen MR) is 110 cm³/mol. The highest BCUT2D eigenvalue weighted by Gasteiger charge is 2.21. The van der Waals surface area contributed by atoms with E-state index in [0.717, 1.165) is 11.1 Å². The number of hydrogen-bond acceptors (Lipinski definition) is 6. The molecule has 2 aromatic rings. The van der Waals surface area contributed by atoms with E-state index in [1.54, 1.807) is 32.9 Å². The van der Waals surface area contributed by atoms with Crippen LogP contribution < -0.4 is 0 Å². The second kappa shape index (κ2) is 9.19. The van der Waals surface area contributed by atoms with Gasteiger partial charge in [-0.1, -0.05) is 42.0 Å². The molecule has 0 saturated heterocycles. The minimum absolute atomic E-state index is 0.0666. The van der Waals surface area contributed by atoms with Crippen molar-refractivity contribution in [3.05, 3.63) is 65.2 Å². The largest absolute Gasteiger partial charge is 0.515 e. The summed E-state index contributed by atoms with van der Waals surface area (Å²) in [5.74, 6) is 0.419. The van der Waals surface area contributed by atoms with Crippen LogP contribution in [0.2, 0.25) is 0 Å². The van der Waals surface area contributed by atoms with Gasteiger partial charge in [-0.05, 0) is 51.0 Å². The molecule has 0 aliphatic carbocycles. The van der Waals surface area contributed by atoms with Gasteiger partial charge < -0.3 is 9.47 Å². The molecule has 1 N–H and O–H groups in total. The van der Waals surface area contributed by atoms with Crippen LogP contribution in [0, 0.1) is 6.92 Å². The van der Waals surface area contributed by atoms with Gasteiger partial charge in [-0.15, -0.1) is 0 Å². The molecule has 7 nitrogen and oxygen atoms in total. The Balaban J connectivity index is 0.000000234. The Labute approximate surface area is 171 Å². The van der Waals surface area contributed by atoms with Crippen LogP contribution in [0.1, 0.15) is 37.5 Å². The summed E-state index contributed by atoms with van der Waals surface area (Å²) in [6.45, 7) is 7.78. The van der Waals surface area contributed by atoms with Crippen LogP contribution in [-0.4, -0.2) is 30.6 Å². The summed E-state index contributed by atoms with van der Waals surface area (Å²) in [7, 11) is -4.02. The van der Waals surface area contributed by atoms with Gasteiger partial charge in [0.15, 0.2) is 0 Å². The van der Waals surface area contributed by atoms with Crippen LogP contribution in [0.4, 0.5) is 4.79 Å². The highest BCUT2D eigenvalue weighted by molar-refractivity contribution is 7.85. The van der Waals surface area contributed by atoms with E-state index in [-0.39, 0.29) is 4.90 Å². The van der Waals surface area contributed by atoms with Crippen LogP contribution in [0.25, 0.3) is 0 Å². The molecule has 3 rings (SSSR count). The minimum atomic E-state index is -4.02. The molecule has 0 unspecified atom stereocenters. The maximum atomic E-state index is 11.5. The van der Waals surface area contributed by atoms with Crippen molar-refractivity contribution in [2.45, 2.75) is 51.2 Å². The smallest absolute Gasteiger partial charge is 0.428 e. The molecule has 0 amide bonds. The first-order valence-electron chi connectivity index (χ1n) is 8.99. The summed E-state index contributed by atoms with van der Waals surface area (Å²) in [6, 6.07) is 14.0. The van der Waals surface area contributed by atoms with Crippen molar-refractivity contribution in [1.82, 2.24) is 0 Å². The van der Waals surface area contributed by atoms with E-state index in [1.165, 1.54) is 17.7 Å². The number of aliphatic imine (C=N–C) groups is 1. The minimum Gasteiger partial charge on any atom is -0.428 e. The monoisotopic (exact) mass is 419 g/mol. The average Bonchev–Trinajstić information content (AvgIpc) is 2.60. The van der Waals surface area contributed by atoms with Gasteiger partial charge in [0.05, 0.1) is 11.4 Å². The summed E-state index contributed by atoms with van der Waals surface area (Å²) in [4.78, 5) is 15.7. The molecule has 0 saturated carbocycles. The molecule has 156 valence electrons. The number of carbonyl (C=O) groups is 1. The zero-order valence-corrected chi connectivity index (χ0v) is 17.7. The molecule has 1 aliphatic heterocycles. The molecule has 0 atom stereocenters. The fourth-order valence-electron chi connectivity index (χ4n) is 2.42. The van der Waals surface area contributed by atoms with Crippen LogP contribution >= 0.6 is 0 Å².